The molecule has 0 aliphatic heterocycles. The van der Waals surface area contributed by atoms with E-state index in [-0.39, 0.29) is 11.5 Å². The molecule has 6 heteroatoms. The van der Waals surface area contributed by atoms with Gasteiger partial charge in [-0.2, -0.15) is 5.10 Å². The Morgan fingerprint density at radius 2 is 1.95 bits per heavy atom. The lowest BCUT2D eigenvalue weighted by Gasteiger charge is -2.03. The van der Waals surface area contributed by atoms with Crippen molar-refractivity contribution in [3.05, 3.63) is 53.3 Å². The number of rotatable bonds is 4. The number of carbonyl (C=O) groups is 2. The number of carboxylic acids is 1. The molecule has 2 rings (SSSR count). The van der Waals surface area contributed by atoms with E-state index in [1.54, 1.807) is 24.3 Å². The third-order valence-corrected chi connectivity index (χ3v) is 2.60. The molecule has 2 aromatic rings. The highest BCUT2D eigenvalue weighted by molar-refractivity contribution is 5.89. The zero-order valence-corrected chi connectivity index (χ0v) is 10.2. The van der Waals surface area contributed by atoms with E-state index < -0.39 is 5.97 Å². The van der Waals surface area contributed by atoms with Gasteiger partial charge in [-0.25, -0.2) is 9.59 Å². The van der Waals surface area contributed by atoms with Gasteiger partial charge < -0.3 is 9.84 Å². The van der Waals surface area contributed by atoms with Gasteiger partial charge in [0.2, 0.25) is 0 Å². The van der Waals surface area contributed by atoms with Crippen molar-refractivity contribution in [2.45, 2.75) is 6.54 Å². The van der Waals surface area contributed by atoms with E-state index in [0.29, 0.717) is 12.1 Å². The number of ether oxygens (including phenoxy) is 1. The first kappa shape index (κ1) is 12.8. The normalized spacial score (nSPS) is 10.2. The van der Waals surface area contributed by atoms with Gasteiger partial charge in [0.05, 0.1) is 31.0 Å². The molecule has 0 saturated heterocycles. The third-order valence-electron chi connectivity index (χ3n) is 2.60. The van der Waals surface area contributed by atoms with E-state index in [0.717, 1.165) is 5.56 Å². The van der Waals surface area contributed by atoms with Crippen LogP contribution >= 0.6 is 0 Å². The van der Waals surface area contributed by atoms with Crippen LogP contribution in [-0.2, 0) is 11.3 Å². The Balaban J connectivity index is 2.10. The van der Waals surface area contributed by atoms with Crippen molar-refractivity contribution >= 4 is 11.9 Å². The Bertz CT molecular complexity index is 601. The molecule has 0 radical (unpaired) electrons. The van der Waals surface area contributed by atoms with Crippen LogP contribution in [-0.4, -0.2) is 33.9 Å². The molecule has 1 aromatic carbocycles. The predicted octanol–water partition coefficient (Wildman–Crippen LogP) is 1.42. The van der Waals surface area contributed by atoms with Gasteiger partial charge >= 0.3 is 11.9 Å². The van der Waals surface area contributed by atoms with E-state index in [4.69, 9.17) is 5.11 Å². The topological polar surface area (TPSA) is 81.4 Å². The first-order valence-corrected chi connectivity index (χ1v) is 5.53. The van der Waals surface area contributed by atoms with E-state index in [9.17, 15) is 9.59 Å². The van der Waals surface area contributed by atoms with E-state index in [1.165, 1.54) is 24.2 Å². The Labute approximate surface area is 109 Å². The summed E-state index contributed by atoms with van der Waals surface area (Å²) in [7, 11) is 1.33. The Morgan fingerprint density at radius 3 is 2.47 bits per heavy atom. The average Bonchev–Trinajstić information content (AvgIpc) is 2.87. The highest BCUT2D eigenvalue weighted by Gasteiger charge is 2.07. The molecule has 0 aliphatic carbocycles. The second-order valence-corrected chi connectivity index (χ2v) is 3.92. The van der Waals surface area contributed by atoms with Gasteiger partial charge in [-0.05, 0) is 17.7 Å². The monoisotopic (exact) mass is 260 g/mol. The molecule has 0 atom stereocenters. The molecule has 0 spiro atoms. The number of carboxylic acid groups (broad SMARTS) is 1. The van der Waals surface area contributed by atoms with Gasteiger partial charge in [0.1, 0.15) is 0 Å². The first-order chi connectivity index (χ1) is 9.10. The maximum Gasteiger partial charge on any atom is 0.338 e. The van der Waals surface area contributed by atoms with Crippen molar-refractivity contribution in [2.75, 3.05) is 7.11 Å². The quantitative estimate of drug-likeness (QED) is 0.841. The van der Waals surface area contributed by atoms with Crippen molar-refractivity contribution in [3.8, 4) is 0 Å². The highest BCUT2D eigenvalue weighted by Crippen LogP contribution is 2.08. The van der Waals surface area contributed by atoms with Crippen LogP contribution in [0.1, 0.15) is 26.3 Å². The van der Waals surface area contributed by atoms with E-state index in [1.807, 2.05) is 0 Å². The number of aromatic nitrogens is 2. The van der Waals surface area contributed by atoms with Crippen molar-refractivity contribution in [1.82, 2.24) is 9.78 Å². The zero-order valence-electron chi connectivity index (χ0n) is 10.2. The summed E-state index contributed by atoms with van der Waals surface area (Å²) in [6.45, 7) is 0.439. The fourth-order valence-corrected chi connectivity index (χ4v) is 1.61. The smallest absolute Gasteiger partial charge is 0.338 e. The Hall–Kier alpha value is -2.63. The van der Waals surface area contributed by atoms with Crippen LogP contribution in [0.2, 0.25) is 0 Å². The molecule has 1 N–H and O–H groups in total. The average molecular weight is 260 g/mol. The molecule has 1 heterocycles. The molecular weight excluding hydrogens is 248 g/mol. The minimum Gasteiger partial charge on any atom is -0.478 e. The summed E-state index contributed by atoms with van der Waals surface area (Å²) in [5, 5.41) is 12.7. The van der Waals surface area contributed by atoms with Crippen LogP contribution in [0, 0.1) is 0 Å². The number of esters is 1. The van der Waals surface area contributed by atoms with Gasteiger partial charge in [-0.3, -0.25) is 4.68 Å². The summed E-state index contributed by atoms with van der Waals surface area (Å²) in [4.78, 5) is 22.0. The van der Waals surface area contributed by atoms with Gasteiger partial charge in [-0.15, -0.1) is 0 Å². The van der Waals surface area contributed by atoms with Crippen LogP contribution < -0.4 is 0 Å². The summed E-state index contributed by atoms with van der Waals surface area (Å²) in [6.07, 6.45) is 2.75. The van der Waals surface area contributed by atoms with E-state index in [2.05, 4.69) is 9.84 Å². The van der Waals surface area contributed by atoms with Crippen LogP contribution in [0.3, 0.4) is 0 Å². The summed E-state index contributed by atoms with van der Waals surface area (Å²) in [5.74, 6) is -1.40. The first-order valence-electron chi connectivity index (χ1n) is 5.53. The molecule has 0 aliphatic rings. The number of aromatic carboxylic acids is 1. The van der Waals surface area contributed by atoms with Gasteiger partial charge in [-0.1, -0.05) is 12.1 Å². The summed E-state index contributed by atoms with van der Waals surface area (Å²) in [6, 6.07) is 6.86. The minimum absolute atomic E-state index is 0.145. The molecule has 0 bridgehead atoms. The second-order valence-electron chi connectivity index (χ2n) is 3.92. The summed E-state index contributed by atoms with van der Waals surface area (Å²) < 4.78 is 6.13. The number of methoxy groups -OCH3 is 1. The largest absolute Gasteiger partial charge is 0.478 e. The molecule has 1 aromatic heterocycles. The fourth-order valence-electron chi connectivity index (χ4n) is 1.61. The Kier molecular flexibility index (Phi) is 3.61. The van der Waals surface area contributed by atoms with Crippen LogP contribution in [0.4, 0.5) is 0 Å². The third kappa shape index (κ3) is 2.98. The highest BCUT2D eigenvalue weighted by atomic mass is 16.5. The van der Waals surface area contributed by atoms with Crippen molar-refractivity contribution in [2.24, 2.45) is 0 Å². The maximum atomic E-state index is 11.3. The van der Waals surface area contributed by atoms with Gasteiger partial charge in [0.25, 0.3) is 0 Å². The number of hydrogen-bond acceptors (Lipinski definition) is 4. The second kappa shape index (κ2) is 5.34. The van der Waals surface area contributed by atoms with Crippen LogP contribution in [0.15, 0.2) is 36.7 Å². The predicted molar refractivity (Wildman–Crippen MR) is 66.1 cm³/mol. The molecule has 0 amide bonds. The van der Waals surface area contributed by atoms with Gasteiger partial charge in [0, 0.05) is 6.20 Å². The molecule has 0 saturated carbocycles. The number of benzene rings is 1. The molecule has 0 fully saturated rings. The molecule has 0 unspecified atom stereocenters. The lowest BCUT2D eigenvalue weighted by molar-refractivity contribution is 0.0599. The molecular formula is C13H12N2O4. The van der Waals surface area contributed by atoms with E-state index >= 15 is 0 Å². The molecule has 98 valence electrons. The molecule has 6 nitrogen and oxygen atoms in total. The SMILES string of the molecule is COC(=O)c1ccc(Cn2cc(C(=O)O)cn2)cc1. The molecule has 19 heavy (non-hydrogen) atoms. The lowest BCUT2D eigenvalue weighted by atomic mass is 10.1. The fraction of sp³-hybridized carbons (Fsp3) is 0.154. The summed E-state index contributed by atoms with van der Waals surface area (Å²) >= 11 is 0. The van der Waals surface area contributed by atoms with Crippen LogP contribution in [0.5, 0.6) is 0 Å². The van der Waals surface area contributed by atoms with Crippen molar-refractivity contribution in [1.29, 1.82) is 0 Å². The Morgan fingerprint density at radius 1 is 1.26 bits per heavy atom. The lowest BCUT2D eigenvalue weighted by Crippen LogP contribution is -2.03. The maximum absolute atomic E-state index is 11.3. The van der Waals surface area contributed by atoms with Gasteiger partial charge in [0.15, 0.2) is 0 Å². The van der Waals surface area contributed by atoms with Crippen LogP contribution in [0.25, 0.3) is 0 Å². The minimum atomic E-state index is -1.01. The zero-order chi connectivity index (χ0) is 13.8. The number of nitrogens with zero attached hydrogens (tertiary/aromatic N) is 2. The number of hydrogen-bond donors (Lipinski definition) is 1. The van der Waals surface area contributed by atoms with Crippen molar-refractivity contribution in [3.63, 3.8) is 0 Å². The number of carbonyl (C=O) groups excluding carboxylic acids is 1. The standard InChI is InChI=1S/C13H12N2O4/c1-19-13(18)10-4-2-9(3-5-10)7-15-8-11(6-14-15)12(16)17/h2-6,8H,7H2,1H3,(H,16,17). The van der Waals surface area contributed by atoms with Crippen molar-refractivity contribution < 1.29 is 19.4 Å². The summed E-state index contributed by atoms with van der Waals surface area (Å²) in [5.41, 5.74) is 1.52.